The van der Waals surface area contributed by atoms with Crippen molar-refractivity contribution in [3.8, 4) is 0 Å². The van der Waals surface area contributed by atoms with E-state index in [0.29, 0.717) is 26.1 Å². The van der Waals surface area contributed by atoms with Crippen molar-refractivity contribution in [2.45, 2.75) is 32.1 Å². The number of alkyl halides is 3. The third kappa shape index (κ3) is 7.12. The van der Waals surface area contributed by atoms with Crippen LogP contribution in [0.25, 0.3) is 0 Å². The fourth-order valence-electron chi connectivity index (χ4n) is 4.56. The van der Waals surface area contributed by atoms with E-state index >= 15 is 0 Å². The number of rotatable bonds is 9. The SMILES string of the molecule is CSCC(C)NC(=O)c1c(I)cccc1C(=O)Nc1ccc(C(c2cccc(C(F)(F)F)c2)N2N=NCC2=O)cc1C. The number of hydrogen-bond acceptors (Lipinski definition) is 6. The lowest BCUT2D eigenvalue weighted by molar-refractivity contribution is -0.137. The summed E-state index contributed by atoms with van der Waals surface area (Å²) in [6.07, 6.45) is -2.63. The summed E-state index contributed by atoms with van der Waals surface area (Å²) in [5, 5.41) is 14.5. The van der Waals surface area contributed by atoms with Crippen molar-refractivity contribution in [1.29, 1.82) is 0 Å². The van der Waals surface area contributed by atoms with Crippen LogP contribution in [-0.4, -0.2) is 47.3 Å². The molecule has 0 radical (unpaired) electrons. The first-order chi connectivity index (χ1) is 19.9. The van der Waals surface area contributed by atoms with Gasteiger partial charge in [-0.2, -0.15) is 30.0 Å². The van der Waals surface area contributed by atoms with E-state index in [-0.39, 0.29) is 35.2 Å². The molecule has 13 heteroatoms. The largest absolute Gasteiger partial charge is 0.416 e. The molecular weight excluding hydrogens is 682 g/mol. The highest BCUT2D eigenvalue weighted by atomic mass is 127. The van der Waals surface area contributed by atoms with Crippen molar-refractivity contribution in [3.05, 3.63) is 97.6 Å². The molecule has 0 fully saturated rings. The van der Waals surface area contributed by atoms with E-state index in [1.165, 1.54) is 12.1 Å². The van der Waals surface area contributed by atoms with Gasteiger partial charge in [-0.05, 0) is 89.7 Å². The van der Waals surface area contributed by atoms with Crippen LogP contribution in [0.2, 0.25) is 0 Å². The smallest absolute Gasteiger partial charge is 0.349 e. The summed E-state index contributed by atoms with van der Waals surface area (Å²) in [5.41, 5.74) is 1.32. The van der Waals surface area contributed by atoms with Crippen molar-refractivity contribution in [2.75, 3.05) is 23.9 Å². The van der Waals surface area contributed by atoms with Crippen LogP contribution in [0.5, 0.6) is 0 Å². The zero-order valence-electron chi connectivity index (χ0n) is 22.8. The van der Waals surface area contributed by atoms with Crippen LogP contribution in [0.15, 0.2) is 71.0 Å². The van der Waals surface area contributed by atoms with E-state index in [1.807, 2.05) is 35.8 Å². The van der Waals surface area contributed by atoms with Crippen LogP contribution in [0.4, 0.5) is 18.9 Å². The van der Waals surface area contributed by atoms with E-state index in [9.17, 15) is 27.6 Å². The first-order valence-electron chi connectivity index (χ1n) is 12.8. The topological polar surface area (TPSA) is 103 Å². The van der Waals surface area contributed by atoms with E-state index in [0.717, 1.165) is 17.1 Å². The molecule has 0 spiro atoms. The van der Waals surface area contributed by atoms with Crippen LogP contribution in [0.1, 0.15) is 55.9 Å². The molecule has 8 nitrogen and oxygen atoms in total. The number of amides is 3. The Labute approximate surface area is 258 Å². The Balaban J connectivity index is 1.65. The maximum absolute atomic E-state index is 13.5. The number of carbonyl (C=O) groups is 3. The average Bonchev–Trinajstić information content (AvgIpc) is 3.35. The lowest BCUT2D eigenvalue weighted by atomic mass is 9.94. The highest BCUT2D eigenvalue weighted by Gasteiger charge is 2.34. The van der Waals surface area contributed by atoms with E-state index in [1.54, 1.807) is 55.1 Å². The second kappa shape index (κ2) is 13.2. The summed E-state index contributed by atoms with van der Waals surface area (Å²) < 4.78 is 41.1. The van der Waals surface area contributed by atoms with Crippen LogP contribution in [0.3, 0.4) is 0 Å². The Kier molecular flexibility index (Phi) is 9.92. The van der Waals surface area contributed by atoms with Crippen molar-refractivity contribution >= 4 is 57.8 Å². The van der Waals surface area contributed by atoms with Crippen LogP contribution >= 0.6 is 34.4 Å². The molecule has 0 bridgehead atoms. The number of thioether (sulfide) groups is 1. The van der Waals surface area contributed by atoms with Gasteiger partial charge in [0.05, 0.1) is 16.7 Å². The number of nitrogens with zero attached hydrogens (tertiary/aromatic N) is 3. The Morgan fingerprint density at radius 3 is 2.43 bits per heavy atom. The van der Waals surface area contributed by atoms with E-state index < -0.39 is 29.6 Å². The summed E-state index contributed by atoms with van der Waals surface area (Å²) in [6, 6.07) is 13.6. The molecule has 2 N–H and O–H groups in total. The maximum atomic E-state index is 13.5. The second-order valence-corrected chi connectivity index (χ2v) is 11.7. The fourth-order valence-corrected chi connectivity index (χ4v) is 5.88. The molecule has 2 atom stereocenters. The molecule has 220 valence electrons. The Morgan fingerprint density at radius 2 is 1.79 bits per heavy atom. The molecule has 3 aromatic rings. The standard InChI is InChI=1S/C29H27F3IN5O3S/c1-16-12-19(26(38-24(39)14-34-37-38)18-6-4-7-20(13-18)29(30,31)32)10-11-23(16)36-27(40)21-8-5-9-22(33)25(21)28(41)35-17(2)15-42-3/h4-13,17,26H,14-15H2,1-3H3,(H,35,41)(H,36,40). The molecule has 0 saturated heterocycles. The molecule has 0 aliphatic carbocycles. The number of aryl methyl sites for hydroxylation is 1. The molecule has 42 heavy (non-hydrogen) atoms. The third-order valence-electron chi connectivity index (χ3n) is 6.49. The third-order valence-corrected chi connectivity index (χ3v) is 8.22. The summed E-state index contributed by atoms with van der Waals surface area (Å²) in [6.45, 7) is 3.41. The van der Waals surface area contributed by atoms with Gasteiger partial charge in [0.15, 0.2) is 0 Å². The highest BCUT2D eigenvalue weighted by Crippen LogP contribution is 2.36. The van der Waals surface area contributed by atoms with Crippen molar-refractivity contribution in [1.82, 2.24) is 10.3 Å². The quantitative estimate of drug-likeness (QED) is 0.243. The minimum absolute atomic E-state index is 0.0963. The Hall–Kier alpha value is -3.46. The van der Waals surface area contributed by atoms with Gasteiger partial charge in [0, 0.05) is 21.1 Å². The van der Waals surface area contributed by atoms with E-state index in [2.05, 4.69) is 21.0 Å². The zero-order chi connectivity index (χ0) is 30.6. The van der Waals surface area contributed by atoms with Crippen LogP contribution in [0, 0.1) is 10.5 Å². The minimum Gasteiger partial charge on any atom is -0.349 e. The monoisotopic (exact) mass is 709 g/mol. The van der Waals surface area contributed by atoms with Crippen LogP contribution < -0.4 is 10.6 Å². The minimum atomic E-state index is -4.57. The molecule has 2 unspecified atom stereocenters. The number of anilines is 1. The molecular formula is C29H27F3IN5O3S. The molecule has 4 rings (SSSR count). The van der Waals surface area contributed by atoms with Crippen LogP contribution in [-0.2, 0) is 11.0 Å². The van der Waals surface area contributed by atoms with Gasteiger partial charge < -0.3 is 10.6 Å². The van der Waals surface area contributed by atoms with Crippen molar-refractivity contribution < 1.29 is 27.6 Å². The van der Waals surface area contributed by atoms with Gasteiger partial charge in [-0.3, -0.25) is 14.4 Å². The molecule has 1 aliphatic rings. The summed E-state index contributed by atoms with van der Waals surface area (Å²) >= 11 is 3.62. The van der Waals surface area contributed by atoms with E-state index in [4.69, 9.17) is 0 Å². The van der Waals surface area contributed by atoms with Gasteiger partial charge in [0.1, 0.15) is 12.6 Å². The first-order valence-corrected chi connectivity index (χ1v) is 15.2. The number of halogens is 4. The average molecular weight is 710 g/mol. The predicted octanol–water partition coefficient (Wildman–Crippen LogP) is 6.65. The Morgan fingerprint density at radius 1 is 1.07 bits per heavy atom. The summed E-state index contributed by atoms with van der Waals surface area (Å²) in [5.74, 6) is -0.588. The van der Waals surface area contributed by atoms with Crippen molar-refractivity contribution in [3.63, 3.8) is 0 Å². The summed E-state index contributed by atoms with van der Waals surface area (Å²) in [7, 11) is 0. The molecule has 3 amide bonds. The number of hydrogen-bond donors (Lipinski definition) is 2. The molecule has 0 saturated carbocycles. The second-order valence-electron chi connectivity index (χ2n) is 9.67. The fraction of sp³-hybridized carbons (Fsp3) is 0.276. The van der Waals surface area contributed by atoms with Gasteiger partial charge in [0.25, 0.3) is 17.7 Å². The lowest BCUT2D eigenvalue weighted by Crippen LogP contribution is -2.36. The normalized spacial score (nSPS) is 14.5. The van der Waals surface area contributed by atoms with Gasteiger partial charge >= 0.3 is 6.18 Å². The maximum Gasteiger partial charge on any atom is 0.416 e. The first kappa shape index (κ1) is 31.5. The molecule has 1 aliphatic heterocycles. The highest BCUT2D eigenvalue weighted by molar-refractivity contribution is 14.1. The predicted molar refractivity (Wildman–Crippen MR) is 163 cm³/mol. The Bertz CT molecular complexity index is 1550. The van der Waals surface area contributed by atoms with Gasteiger partial charge in [-0.25, -0.2) is 5.01 Å². The lowest BCUT2D eigenvalue weighted by Gasteiger charge is -2.26. The zero-order valence-corrected chi connectivity index (χ0v) is 25.8. The van der Waals surface area contributed by atoms with Gasteiger partial charge in [-0.15, -0.1) is 0 Å². The summed E-state index contributed by atoms with van der Waals surface area (Å²) in [4.78, 5) is 39.0. The molecule has 1 heterocycles. The number of carbonyl (C=O) groups excluding carboxylic acids is 3. The van der Waals surface area contributed by atoms with Gasteiger partial charge in [-0.1, -0.05) is 35.6 Å². The molecule has 3 aromatic carbocycles. The molecule has 0 aromatic heterocycles. The number of nitrogens with one attached hydrogen (secondary N) is 2. The van der Waals surface area contributed by atoms with Crippen molar-refractivity contribution in [2.24, 2.45) is 10.3 Å². The van der Waals surface area contributed by atoms with Gasteiger partial charge in [0.2, 0.25) is 0 Å². The number of benzene rings is 3.